The van der Waals surface area contributed by atoms with E-state index in [9.17, 15) is 21.6 Å². The van der Waals surface area contributed by atoms with Crippen LogP contribution in [0, 0.1) is 5.92 Å². The molecule has 7 nitrogen and oxygen atoms in total. The summed E-state index contributed by atoms with van der Waals surface area (Å²) in [5, 5.41) is 0. The molecule has 2 heterocycles. The molecule has 1 unspecified atom stereocenters. The minimum absolute atomic E-state index is 0.0391. The van der Waals surface area contributed by atoms with Crippen LogP contribution in [0.5, 0.6) is 0 Å². The highest BCUT2D eigenvalue weighted by atomic mass is 32.2. The van der Waals surface area contributed by atoms with Gasteiger partial charge in [0.15, 0.2) is 9.84 Å². The first-order chi connectivity index (χ1) is 9.60. The average molecular weight is 338 g/mol. The van der Waals surface area contributed by atoms with E-state index in [1.54, 1.807) is 11.9 Å². The zero-order valence-corrected chi connectivity index (χ0v) is 14.0. The first-order valence-corrected chi connectivity index (χ1v) is 10.7. The van der Waals surface area contributed by atoms with E-state index in [0.29, 0.717) is 32.4 Å². The van der Waals surface area contributed by atoms with Gasteiger partial charge in [-0.3, -0.25) is 4.79 Å². The molecule has 1 atom stereocenters. The molecular formula is C12H22N2O5S2. The van der Waals surface area contributed by atoms with Crippen LogP contribution in [0.25, 0.3) is 0 Å². The summed E-state index contributed by atoms with van der Waals surface area (Å²) in [5.41, 5.74) is 0. The molecule has 0 N–H and O–H groups in total. The number of amides is 1. The van der Waals surface area contributed by atoms with Crippen molar-refractivity contribution in [1.82, 2.24) is 9.21 Å². The lowest BCUT2D eigenvalue weighted by atomic mass is 9.96. The van der Waals surface area contributed by atoms with E-state index in [1.165, 1.54) is 10.6 Å². The Morgan fingerprint density at radius 3 is 2.19 bits per heavy atom. The zero-order chi connectivity index (χ0) is 15.8. The van der Waals surface area contributed by atoms with Gasteiger partial charge in [-0.15, -0.1) is 0 Å². The van der Waals surface area contributed by atoms with Crippen molar-refractivity contribution in [3.05, 3.63) is 0 Å². The topological polar surface area (TPSA) is 91.8 Å². The van der Waals surface area contributed by atoms with Crippen LogP contribution in [0.4, 0.5) is 0 Å². The molecule has 0 aromatic heterocycles. The minimum atomic E-state index is -3.20. The summed E-state index contributed by atoms with van der Waals surface area (Å²) >= 11 is 0. The summed E-state index contributed by atoms with van der Waals surface area (Å²) in [5.74, 6) is -0.0965. The van der Waals surface area contributed by atoms with E-state index in [0.717, 1.165) is 0 Å². The van der Waals surface area contributed by atoms with Gasteiger partial charge >= 0.3 is 0 Å². The molecule has 0 saturated carbocycles. The van der Waals surface area contributed by atoms with E-state index >= 15 is 0 Å². The van der Waals surface area contributed by atoms with Crippen molar-refractivity contribution in [3.63, 3.8) is 0 Å². The van der Waals surface area contributed by atoms with E-state index in [-0.39, 0.29) is 29.4 Å². The van der Waals surface area contributed by atoms with Gasteiger partial charge in [0, 0.05) is 32.1 Å². The summed E-state index contributed by atoms with van der Waals surface area (Å²) < 4.78 is 47.2. The monoisotopic (exact) mass is 338 g/mol. The number of piperidine rings is 1. The van der Waals surface area contributed by atoms with Gasteiger partial charge in [-0.2, -0.15) is 0 Å². The van der Waals surface area contributed by atoms with Crippen molar-refractivity contribution >= 4 is 25.8 Å². The highest BCUT2D eigenvalue weighted by Crippen LogP contribution is 2.24. The van der Waals surface area contributed by atoms with Gasteiger partial charge in [0.05, 0.1) is 17.8 Å². The lowest BCUT2D eigenvalue weighted by molar-refractivity contribution is -0.137. The second-order valence-corrected chi connectivity index (χ2v) is 10.2. The van der Waals surface area contributed by atoms with Crippen molar-refractivity contribution in [3.8, 4) is 0 Å². The molecule has 9 heteroatoms. The maximum absolute atomic E-state index is 12.4. The van der Waals surface area contributed by atoms with Gasteiger partial charge in [-0.1, -0.05) is 0 Å². The Balaban J connectivity index is 1.93. The number of hydrogen-bond donors (Lipinski definition) is 0. The minimum Gasteiger partial charge on any atom is -0.341 e. The number of hydrogen-bond acceptors (Lipinski definition) is 5. The van der Waals surface area contributed by atoms with Crippen molar-refractivity contribution in [2.24, 2.45) is 5.92 Å². The third-order valence-corrected chi connectivity index (χ3v) is 7.43. The van der Waals surface area contributed by atoms with E-state index in [1.807, 2.05) is 0 Å². The maximum atomic E-state index is 12.4. The van der Waals surface area contributed by atoms with E-state index in [2.05, 4.69) is 0 Å². The molecule has 2 aliphatic heterocycles. The molecule has 2 aliphatic rings. The fraction of sp³-hybridized carbons (Fsp3) is 0.917. The molecule has 2 fully saturated rings. The molecule has 2 saturated heterocycles. The van der Waals surface area contributed by atoms with Crippen LogP contribution in [-0.2, 0) is 24.7 Å². The third kappa shape index (κ3) is 3.95. The SMILES string of the molecule is CN(C(=O)C1CCN(S(C)(=O)=O)CC1)C1CCS(=O)(=O)C1. The van der Waals surface area contributed by atoms with Crippen LogP contribution in [0.2, 0.25) is 0 Å². The molecule has 122 valence electrons. The molecule has 0 aromatic rings. The van der Waals surface area contributed by atoms with E-state index < -0.39 is 19.9 Å². The largest absolute Gasteiger partial charge is 0.341 e. The number of carbonyl (C=O) groups is 1. The van der Waals surface area contributed by atoms with Crippen LogP contribution < -0.4 is 0 Å². The van der Waals surface area contributed by atoms with Crippen molar-refractivity contribution < 1.29 is 21.6 Å². The number of sulfone groups is 1. The zero-order valence-electron chi connectivity index (χ0n) is 12.4. The Morgan fingerprint density at radius 1 is 1.19 bits per heavy atom. The Morgan fingerprint density at radius 2 is 1.76 bits per heavy atom. The van der Waals surface area contributed by atoms with Crippen LogP contribution in [-0.4, -0.2) is 75.9 Å². The molecule has 0 spiro atoms. The first-order valence-electron chi connectivity index (χ1n) is 7.02. The summed E-state index contributed by atoms with van der Waals surface area (Å²) in [7, 11) is -4.56. The number of sulfonamides is 1. The Bertz CT molecular complexity index is 606. The quantitative estimate of drug-likeness (QED) is 0.679. The molecule has 2 rings (SSSR count). The van der Waals surface area contributed by atoms with Crippen LogP contribution in [0.1, 0.15) is 19.3 Å². The molecule has 0 aromatic carbocycles. The molecule has 0 radical (unpaired) electrons. The summed E-state index contributed by atoms with van der Waals surface area (Å²) in [6.45, 7) is 0.706. The number of nitrogens with zero attached hydrogens (tertiary/aromatic N) is 2. The lowest BCUT2D eigenvalue weighted by Crippen LogP contribution is -2.46. The Kier molecular flexibility index (Phi) is 4.65. The fourth-order valence-electron chi connectivity index (χ4n) is 2.98. The van der Waals surface area contributed by atoms with Gasteiger partial charge in [0.25, 0.3) is 0 Å². The third-order valence-electron chi connectivity index (χ3n) is 4.38. The fourth-order valence-corrected chi connectivity index (χ4v) is 5.63. The normalized spacial score (nSPS) is 27.6. The average Bonchev–Trinajstić information content (AvgIpc) is 2.76. The van der Waals surface area contributed by atoms with E-state index in [4.69, 9.17) is 0 Å². The molecule has 0 aliphatic carbocycles. The van der Waals surface area contributed by atoms with Crippen molar-refractivity contribution in [2.75, 3.05) is 37.9 Å². The molecule has 21 heavy (non-hydrogen) atoms. The second-order valence-electron chi connectivity index (χ2n) is 5.94. The summed E-state index contributed by atoms with van der Waals surface area (Å²) in [6.07, 6.45) is 2.66. The van der Waals surface area contributed by atoms with Gasteiger partial charge < -0.3 is 4.90 Å². The van der Waals surface area contributed by atoms with Gasteiger partial charge in [-0.05, 0) is 19.3 Å². The number of carbonyl (C=O) groups excluding carboxylic acids is 1. The standard InChI is InChI=1S/C12H22N2O5S2/c1-13(11-5-8-21(18,19)9-11)12(15)10-3-6-14(7-4-10)20(2,16)17/h10-11H,3-9H2,1-2H3. The van der Waals surface area contributed by atoms with Crippen molar-refractivity contribution in [2.45, 2.75) is 25.3 Å². The smallest absolute Gasteiger partial charge is 0.225 e. The van der Waals surface area contributed by atoms with Crippen LogP contribution in [0.15, 0.2) is 0 Å². The van der Waals surface area contributed by atoms with Crippen LogP contribution >= 0.6 is 0 Å². The second kappa shape index (κ2) is 5.85. The molecular weight excluding hydrogens is 316 g/mol. The molecule has 1 amide bonds. The van der Waals surface area contributed by atoms with Crippen molar-refractivity contribution in [1.29, 1.82) is 0 Å². The number of rotatable bonds is 3. The Hall–Kier alpha value is -0.670. The first kappa shape index (κ1) is 16.7. The van der Waals surface area contributed by atoms with Crippen LogP contribution in [0.3, 0.4) is 0 Å². The predicted octanol–water partition coefficient (Wildman–Crippen LogP) is -0.696. The van der Waals surface area contributed by atoms with Gasteiger partial charge in [0.2, 0.25) is 15.9 Å². The van der Waals surface area contributed by atoms with Gasteiger partial charge in [0.1, 0.15) is 0 Å². The highest BCUT2D eigenvalue weighted by molar-refractivity contribution is 7.91. The summed E-state index contributed by atoms with van der Waals surface area (Å²) in [6, 6.07) is -0.240. The maximum Gasteiger partial charge on any atom is 0.225 e. The summed E-state index contributed by atoms with van der Waals surface area (Å²) in [4.78, 5) is 14.0. The lowest BCUT2D eigenvalue weighted by Gasteiger charge is -2.33. The Labute approximate surface area is 126 Å². The highest BCUT2D eigenvalue weighted by Gasteiger charge is 2.36. The van der Waals surface area contributed by atoms with Gasteiger partial charge in [-0.25, -0.2) is 21.1 Å². The molecule has 0 bridgehead atoms. The predicted molar refractivity (Wildman–Crippen MR) is 79.0 cm³/mol.